The molecule has 0 aromatic rings. The molecule has 0 spiro atoms. The van der Waals surface area contributed by atoms with E-state index < -0.39 is 39.1 Å². The van der Waals surface area contributed by atoms with E-state index in [0.29, 0.717) is 6.42 Å². The number of esters is 2. The number of phosphoric acid groups is 1. The van der Waals surface area contributed by atoms with Gasteiger partial charge in [0.15, 0.2) is 11.2 Å². The van der Waals surface area contributed by atoms with Crippen LogP contribution >= 0.6 is 20.5 Å². The molecule has 0 fully saturated rings. The number of hydrogen-bond donors (Lipinski definition) is 1. The molecule has 0 aliphatic heterocycles. The molecule has 0 N–H and O–H groups in total. The third kappa shape index (κ3) is 36.3. The Hall–Kier alpha value is -0.250. The van der Waals surface area contributed by atoms with Gasteiger partial charge in [0.2, 0.25) is 0 Å². The molecule has 13 heteroatoms. The molecule has 1 atom stereocenters. The van der Waals surface area contributed by atoms with Crippen molar-refractivity contribution in [3.8, 4) is 35.5 Å². The fourth-order valence-corrected chi connectivity index (χ4v) is 2.17. The summed E-state index contributed by atoms with van der Waals surface area (Å²) in [5.41, 5.74) is 0. The van der Waals surface area contributed by atoms with Crippen molar-refractivity contribution >= 4 is 37.5 Å². The van der Waals surface area contributed by atoms with E-state index in [2.05, 4.69) is 59.6 Å². The first-order valence-electron chi connectivity index (χ1n) is 9.66. The van der Waals surface area contributed by atoms with Crippen molar-refractivity contribution in [1.29, 1.82) is 0 Å². The molecule has 188 valence electrons. The number of rotatable bonds is 12. The number of unbranched alkanes of at least 4 members (excludes halogenated alkanes) is 4. The van der Waals surface area contributed by atoms with Gasteiger partial charge in [0.25, 0.3) is 0 Å². The first-order chi connectivity index (χ1) is 15.0. The third-order valence-electron chi connectivity index (χ3n) is 3.08. The van der Waals surface area contributed by atoms with Crippen LogP contribution in [-0.4, -0.2) is 36.4 Å². The first-order valence-corrected chi connectivity index (χ1v) is 11.6. The maximum atomic E-state index is 11.8. The topological polar surface area (TPSA) is 142 Å². The van der Waals surface area contributed by atoms with E-state index in [1.165, 1.54) is 6.92 Å². The van der Waals surface area contributed by atoms with E-state index in [1.807, 2.05) is 0 Å². The quantitative estimate of drug-likeness (QED) is 0.0503. The van der Waals surface area contributed by atoms with E-state index >= 15 is 0 Å². The molecule has 0 radical (unpaired) electrons. The number of thiol groups is 1. The average molecular weight is 543 g/mol. The molecule has 0 heterocycles. The molecule has 0 bridgehead atoms. The Balaban J connectivity index is -0.000000109. The molecule has 34 heavy (non-hydrogen) atoms. The summed E-state index contributed by atoms with van der Waals surface area (Å²) < 4.78 is 24.5. The first kappa shape index (κ1) is 40.9. The monoisotopic (exact) mass is 542 g/mol. The molecule has 0 aromatic carbocycles. The molecular weight excluding hydrogens is 505 g/mol. The van der Waals surface area contributed by atoms with Gasteiger partial charge in [-0.2, -0.15) is 0 Å². The van der Waals surface area contributed by atoms with Gasteiger partial charge in [0.05, 0.1) is 14.4 Å². The molecule has 0 rings (SSSR count). The van der Waals surface area contributed by atoms with Crippen LogP contribution < -0.4 is 68.9 Å². The minimum Gasteiger partial charge on any atom is -0.790 e. The van der Waals surface area contributed by atoms with Crippen LogP contribution in [0.3, 0.4) is 0 Å². The summed E-state index contributed by atoms with van der Waals surface area (Å²) in [7, 11) is -5.26. The van der Waals surface area contributed by atoms with Gasteiger partial charge in [-0.3, -0.25) is 9.59 Å². The van der Waals surface area contributed by atoms with E-state index in [9.17, 15) is 28.7 Å². The standard InChI is InChI=1S/C19H25O8P.C2H4OS.2Na.5H2/c1-3-5-7-9-11-13-18(20)25-15-17(16-26-28(22,23)24)27-19(21)14-12-10-8-6-4-2;1-2(3)4;;;;;;;/h17H,4,6,8,10,12,14-16H2,1-2H3,(H2,22,23,24);1H3,(H,3,4);;;5*1H/q;;2*+1;;;;;/p-2/t17-;;;;;;;;/m0......../s1. The van der Waals surface area contributed by atoms with Crippen molar-refractivity contribution in [3.63, 3.8) is 0 Å². The van der Waals surface area contributed by atoms with Gasteiger partial charge in [0.1, 0.15) is 6.61 Å². The molecule has 0 aliphatic carbocycles. The van der Waals surface area contributed by atoms with Crippen LogP contribution in [0.5, 0.6) is 0 Å². The molecule has 0 aliphatic rings. The summed E-state index contributed by atoms with van der Waals surface area (Å²) in [6, 6.07) is 0. The van der Waals surface area contributed by atoms with Crippen LogP contribution in [0.2, 0.25) is 0 Å². The minimum absolute atomic E-state index is 0. The molecule has 0 unspecified atom stereocenters. The molecule has 0 aromatic heterocycles. The van der Waals surface area contributed by atoms with Crippen molar-refractivity contribution in [1.82, 2.24) is 0 Å². The number of ether oxygens (including phenoxy) is 2. The normalized spacial score (nSPS) is 9.71. The van der Waals surface area contributed by atoms with Gasteiger partial charge in [-0.1, -0.05) is 38.5 Å². The van der Waals surface area contributed by atoms with E-state index in [1.54, 1.807) is 6.92 Å². The Kier molecular flexibility index (Phi) is 32.9. The number of carbonyl (C=O) groups is 3. The number of phosphoric ester groups is 1. The maximum Gasteiger partial charge on any atom is 1.00 e. The second kappa shape index (κ2) is 27.3. The van der Waals surface area contributed by atoms with Crippen LogP contribution in [-0.2, 0) is 32.9 Å². The second-order valence-electron chi connectivity index (χ2n) is 6.01. The molecule has 0 saturated carbocycles. The maximum absolute atomic E-state index is 11.8. The van der Waals surface area contributed by atoms with E-state index in [-0.39, 0.29) is 77.8 Å². The van der Waals surface area contributed by atoms with Gasteiger partial charge in [0, 0.05) is 26.4 Å². The largest absolute Gasteiger partial charge is 1.00 e. The van der Waals surface area contributed by atoms with Gasteiger partial charge < -0.3 is 28.3 Å². The van der Waals surface area contributed by atoms with Crippen LogP contribution in [0.1, 0.15) is 66.4 Å². The molecule has 0 saturated heterocycles. The van der Waals surface area contributed by atoms with Crippen molar-refractivity contribution in [2.24, 2.45) is 0 Å². The minimum atomic E-state index is -5.26. The van der Waals surface area contributed by atoms with Crippen molar-refractivity contribution in [2.45, 2.75) is 65.4 Å². The second-order valence-corrected chi connectivity index (χ2v) is 7.79. The Bertz CT molecular complexity index is 844. The molecular formula is C21H37Na2O9PS. The number of hydrogen-bond acceptors (Lipinski definition) is 9. The average Bonchev–Trinajstić information content (AvgIpc) is 2.68. The van der Waals surface area contributed by atoms with Gasteiger partial charge in [-0.25, -0.2) is 4.79 Å². The van der Waals surface area contributed by atoms with E-state index in [0.717, 1.165) is 25.7 Å². The predicted molar refractivity (Wildman–Crippen MR) is 127 cm³/mol. The van der Waals surface area contributed by atoms with E-state index in [4.69, 9.17) is 9.47 Å². The van der Waals surface area contributed by atoms with Crippen molar-refractivity contribution in [2.75, 3.05) is 13.2 Å². The summed E-state index contributed by atoms with van der Waals surface area (Å²) >= 11 is 3.33. The van der Waals surface area contributed by atoms with Crippen molar-refractivity contribution in [3.05, 3.63) is 0 Å². The van der Waals surface area contributed by atoms with Gasteiger partial charge in [-0.15, -0.1) is 12.6 Å². The Morgan fingerprint density at radius 3 is 2.09 bits per heavy atom. The van der Waals surface area contributed by atoms with Crippen LogP contribution in [0.4, 0.5) is 0 Å². The summed E-state index contributed by atoms with van der Waals surface area (Å²) in [6.07, 6.45) is 3.47. The SMILES string of the molecule is CC#CC#CC#CC(=O)OC[C@@H](COP(=O)([O-])[O-])OC(=O)CCCCCCC.CC(=O)S.[HH].[HH].[HH].[HH].[HH].[Na+].[Na+]. The fraction of sp³-hybridized carbons (Fsp3) is 0.571. The smallest absolute Gasteiger partial charge is 0.790 e. The summed E-state index contributed by atoms with van der Waals surface area (Å²) in [6.45, 7) is 3.79. The third-order valence-corrected chi connectivity index (χ3v) is 3.54. The number of carbonyl (C=O) groups excluding carboxylic acids is 3. The summed E-state index contributed by atoms with van der Waals surface area (Å²) in [4.78, 5) is 53.8. The van der Waals surface area contributed by atoms with Gasteiger partial charge in [-0.05, 0) is 37.0 Å². The Morgan fingerprint density at radius 2 is 1.56 bits per heavy atom. The van der Waals surface area contributed by atoms with Crippen LogP contribution in [0.25, 0.3) is 0 Å². The summed E-state index contributed by atoms with van der Waals surface area (Å²) in [5.74, 6) is 12.3. The van der Waals surface area contributed by atoms with Gasteiger partial charge >= 0.3 is 71.1 Å². The van der Waals surface area contributed by atoms with Crippen LogP contribution in [0, 0.1) is 35.5 Å². The Morgan fingerprint density at radius 1 is 1.00 bits per heavy atom. The Labute approximate surface area is 258 Å². The molecule has 0 amide bonds. The molecule has 9 nitrogen and oxygen atoms in total. The fourth-order valence-electron chi connectivity index (χ4n) is 1.82. The summed E-state index contributed by atoms with van der Waals surface area (Å²) in [5, 5.41) is -0.139. The van der Waals surface area contributed by atoms with Crippen LogP contribution in [0.15, 0.2) is 0 Å². The zero-order chi connectivity index (χ0) is 24.8. The zero-order valence-electron chi connectivity index (χ0n) is 20.3. The predicted octanol–water partition coefficient (Wildman–Crippen LogP) is -3.62. The zero-order valence-corrected chi connectivity index (χ0v) is 26.1. The van der Waals surface area contributed by atoms with Crippen molar-refractivity contribution < 1.29 is 109 Å².